The molecule has 1 unspecified atom stereocenters. The summed E-state index contributed by atoms with van der Waals surface area (Å²) < 4.78 is 18.1. The summed E-state index contributed by atoms with van der Waals surface area (Å²) in [4.78, 5) is 11.8. The van der Waals surface area contributed by atoms with Gasteiger partial charge in [-0.3, -0.25) is 4.79 Å². The number of esters is 1. The summed E-state index contributed by atoms with van der Waals surface area (Å²) in [6.07, 6.45) is 2.26. The fraction of sp³-hybridized carbons (Fsp3) is 0.562. The number of carbonyl (C=O) groups excluding carboxylic acids is 1. The summed E-state index contributed by atoms with van der Waals surface area (Å²) in [6, 6.07) is 6.39. The lowest BCUT2D eigenvalue weighted by atomic mass is 9.91. The quantitative estimate of drug-likeness (QED) is 0.688. The molecule has 1 aromatic carbocycles. The molecule has 2 nitrogen and oxygen atoms in total. The van der Waals surface area contributed by atoms with E-state index in [1.54, 1.807) is 12.1 Å². The fourth-order valence-electron chi connectivity index (χ4n) is 1.99. The number of carbonyl (C=O) groups is 1. The zero-order valence-corrected chi connectivity index (χ0v) is 12.0. The Balaban J connectivity index is 2.62. The molecule has 0 N–H and O–H groups in total. The maximum absolute atomic E-state index is 12.9. The van der Waals surface area contributed by atoms with Crippen molar-refractivity contribution in [2.75, 3.05) is 6.61 Å². The van der Waals surface area contributed by atoms with Crippen LogP contribution < -0.4 is 0 Å². The molecule has 0 aliphatic rings. The van der Waals surface area contributed by atoms with Crippen LogP contribution in [0.1, 0.15) is 51.5 Å². The van der Waals surface area contributed by atoms with Crippen molar-refractivity contribution in [3.05, 3.63) is 35.6 Å². The van der Waals surface area contributed by atoms with Gasteiger partial charge < -0.3 is 4.74 Å². The first-order chi connectivity index (χ1) is 9.02. The first-order valence-electron chi connectivity index (χ1n) is 6.94. The van der Waals surface area contributed by atoms with E-state index in [-0.39, 0.29) is 17.7 Å². The van der Waals surface area contributed by atoms with E-state index in [0.29, 0.717) is 18.9 Å². The summed E-state index contributed by atoms with van der Waals surface area (Å²) >= 11 is 0. The van der Waals surface area contributed by atoms with Gasteiger partial charge in [-0.15, -0.1) is 0 Å². The van der Waals surface area contributed by atoms with E-state index in [0.717, 1.165) is 18.4 Å². The van der Waals surface area contributed by atoms with Gasteiger partial charge in [-0.25, -0.2) is 4.39 Å². The molecule has 3 heteroatoms. The van der Waals surface area contributed by atoms with E-state index in [2.05, 4.69) is 6.92 Å². The first-order valence-corrected chi connectivity index (χ1v) is 6.94. The molecule has 0 saturated carbocycles. The number of rotatable bonds is 7. The molecule has 1 aromatic rings. The van der Waals surface area contributed by atoms with Gasteiger partial charge in [0.1, 0.15) is 5.82 Å². The average Bonchev–Trinajstić information content (AvgIpc) is 2.37. The maximum atomic E-state index is 12.9. The van der Waals surface area contributed by atoms with Crippen molar-refractivity contribution in [1.29, 1.82) is 0 Å². The van der Waals surface area contributed by atoms with Gasteiger partial charge >= 0.3 is 5.97 Å². The number of hydrogen-bond donors (Lipinski definition) is 0. The van der Waals surface area contributed by atoms with E-state index in [4.69, 9.17) is 4.74 Å². The Hall–Kier alpha value is -1.38. The summed E-state index contributed by atoms with van der Waals surface area (Å²) in [6.45, 7) is 6.56. The van der Waals surface area contributed by atoms with Crippen LogP contribution >= 0.6 is 0 Å². The van der Waals surface area contributed by atoms with E-state index >= 15 is 0 Å². The minimum absolute atomic E-state index is 0.116. The van der Waals surface area contributed by atoms with Gasteiger partial charge in [0.2, 0.25) is 0 Å². The molecule has 0 aliphatic carbocycles. The monoisotopic (exact) mass is 266 g/mol. The van der Waals surface area contributed by atoms with Gasteiger partial charge in [0.15, 0.2) is 0 Å². The molecule has 0 radical (unpaired) electrons. The Morgan fingerprint density at radius 3 is 2.42 bits per heavy atom. The third-order valence-electron chi connectivity index (χ3n) is 2.97. The smallest absolute Gasteiger partial charge is 0.306 e. The largest absolute Gasteiger partial charge is 0.465 e. The second kappa shape index (κ2) is 7.93. The van der Waals surface area contributed by atoms with Gasteiger partial charge in [0.25, 0.3) is 0 Å². The molecule has 106 valence electrons. The van der Waals surface area contributed by atoms with Crippen LogP contribution in [-0.2, 0) is 9.53 Å². The summed E-state index contributed by atoms with van der Waals surface area (Å²) in [5.74, 6) is 0.0440. The average molecular weight is 266 g/mol. The van der Waals surface area contributed by atoms with Crippen molar-refractivity contribution < 1.29 is 13.9 Å². The molecule has 0 aliphatic heterocycles. The summed E-state index contributed by atoms with van der Waals surface area (Å²) in [7, 11) is 0. The normalized spacial score (nSPS) is 12.5. The van der Waals surface area contributed by atoms with Crippen molar-refractivity contribution in [1.82, 2.24) is 0 Å². The van der Waals surface area contributed by atoms with Crippen molar-refractivity contribution >= 4 is 5.97 Å². The highest BCUT2D eigenvalue weighted by molar-refractivity contribution is 5.70. The van der Waals surface area contributed by atoms with Crippen LogP contribution in [0.2, 0.25) is 0 Å². The molecule has 1 atom stereocenters. The second-order valence-electron chi connectivity index (χ2n) is 5.32. The van der Waals surface area contributed by atoms with Crippen LogP contribution in [0.3, 0.4) is 0 Å². The fourth-order valence-corrected chi connectivity index (χ4v) is 1.99. The summed E-state index contributed by atoms with van der Waals surface area (Å²) in [5.41, 5.74) is 1.00. The third kappa shape index (κ3) is 5.86. The van der Waals surface area contributed by atoms with Crippen molar-refractivity contribution in [2.24, 2.45) is 5.92 Å². The highest BCUT2D eigenvalue weighted by atomic mass is 19.1. The predicted molar refractivity (Wildman–Crippen MR) is 74.5 cm³/mol. The van der Waals surface area contributed by atoms with E-state index in [1.165, 1.54) is 12.1 Å². The van der Waals surface area contributed by atoms with E-state index < -0.39 is 0 Å². The lowest BCUT2D eigenvalue weighted by Gasteiger charge is -2.16. The Bertz CT molecular complexity index is 384. The lowest BCUT2D eigenvalue weighted by molar-refractivity contribution is -0.145. The number of halogens is 1. The van der Waals surface area contributed by atoms with Crippen molar-refractivity contribution in [3.8, 4) is 0 Å². The molecule has 0 bridgehead atoms. The van der Waals surface area contributed by atoms with Crippen LogP contribution in [0.5, 0.6) is 0 Å². The molecule has 0 heterocycles. The van der Waals surface area contributed by atoms with Gasteiger partial charge in [-0.2, -0.15) is 0 Å². The first kappa shape index (κ1) is 15.7. The van der Waals surface area contributed by atoms with Crippen LogP contribution in [-0.4, -0.2) is 12.6 Å². The predicted octanol–water partition coefficient (Wildman–Crippen LogP) is 4.30. The number of hydrogen-bond acceptors (Lipinski definition) is 2. The molecule has 0 saturated heterocycles. The zero-order chi connectivity index (χ0) is 14.3. The molecule has 1 rings (SSSR count). The minimum Gasteiger partial charge on any atom is -0.465 e. The van der Waals surface area contributed by atoms with Crippen LogP contribution in [0.15, 0.2) is 24.3 Å². The Morgan fingerprint density at radius 1 is 1.26 bits per heavy atom. The number of ether oxygens (including phenoxy) is 1. The van der Waals surface area contributed by atoms with E-state index in [9.17, 15) is 9.18 Å². The highest BCUT2D eigenvalue weighted by Crippen LogP contribution is 2.25. The van der Waals surface area contributed by atoms with Gasteiger partial charge in [0, 0.05) is 0 Å². The lowest BCUT2D eigenvalue weighted by Crippen LogP contribution is -2.13. The van der Waals surface area contributed by atoms with Crippen molar-refractivity contribution in [3.63, 3.8) is 0 Å². The van der Waals surface area contributed by atoms with Gasteiger partial charge in [-0.05, 0) is 36.0 Å². The van der Waals surface area contributed by atoms with Crippen LogP contribution in [0.4, 0.5) is 4.39 Å². The Morgan fingerprint density at radius 2 is 1.89 bits per heavy atom. The molecule has 0 spiro atoms. The zero-order valence-electron chi connectivity index (χ0n) is 12.0. The molecular formula is C16H23FO2. The maximum Gasteiger partial charge on any atom is 0.306 e. The molecular weight excluding hydrogens is 243 g/mol. The Labute approximate surface area is 115 Å². The molecule has 19 heavy (non-hydrogen) atoms. The van der Waals surface area contributed by atoms with E-state index in [1.807, 2.05) is 13.8 Å². The third-order valence-corrected chi connectivity index (χ3v) is 2.97. The van der Waals surface area contributed by atoms with Gasteiger partial charge in [-0.1, -0.05) is 39.3 Å². The minimum atomic E-state index is -0.249. The molecule has 0 aromatic heterocycles. The standard InChI is InChI=1S/C16H23FO2/c1-4-5-14(10-16(18)19-11-12(2)3)13-6-8-15(17)9-7-13/h6-9,12,14H,4-5,10-11H2,1-3H3. The van der Waals surface area contributed by atoms with Gasteiger partial charge in [0.05, 0.1) is 13.0 Å². The van der Waals surface area contributed by atoms with Crippen LogP contribution in [0.25, 0.3) is 0 Å². The second-order valence-corrected chi connectivity index (χ2v) is 5.32. The molecule has 0 amide bonds. The summed E-state index contributed by atoms with van der Waals surface area (Å²) in [5, 5.41) is 0. The topological polar surface area (TPSA) is 26.3 Å². The SMILES string of the molecule is CCCC(CC(=O)OCC(C)C)c1ccc(F)cc1. The van der Waals surface area contributed by atoms with Crippen molar-refractivity contribution in [2.45, 2.75) is 46.0 Å². The highest BCUT2D eigenvalue weighted by Gasteiger charge is 2.16. The molecule has 0 fully saturated rings. The van der Waals surface area contributed by atoms with Crippen LogP contribution in [0, 0.1) is 11.7 Å². The number of benzene rings is 1. The Kier molecular flexibility index (Phi) is 6.54.